The maximum absolute atomic E-state index is 2.40. The predicted octanol–water partition coefficient (Wildman–Crippen LogP) is 9.29. The third-order valence-corrected chi connectivity index (χ3v) is 14.2. The molecule has 202 valence electrons. The SMILES string of the molecule is CC(C)(C)[PH+](B1C=C[CH]C=C1)C(C)(C)C.CC(C)(C)[PH+](B1[CH]C=CC=C1)C(C)(C)C.[CH3-].[CH3-].[Ni].[Ni]. The summed E-state index contributed by atoms with van der Waals surface area (Å²) in [7, 11) is -0.940. The van der Waals surface area contributed by atoms with Gasteiger partial charge in [0.05, 0.1) is 20.6 Å². The van der Waals surface area contributed by atoms with Gasteiger partial charge in [0.15, 0.2) is 0 Å². The standard InChI is InChI=1S/2C13H23BP.2CH3.2Ni/c2*1-12(2,3)15(13(4,5)6)14-10-8-7-9-11-14;;;;/h2*7-11H,1-6H3;2*1H3;;/q;;2*-1;;/p+2. The molecule has 0 aliphatic carbocycles. The molecule has 2 heterocycles. The molecular weight excluding hydrogens is 537 g/mol. The fraction of sp³-hybridized carbons (Fsp3) is 0.571. The molecule has 0 saturated heterocycles. The molecule has 0 fully saturated rings. The van der Waals surface area contributed by atoms with Crippen LogP contribution in [0.2, 0.25) is 0 Å². The second-order valence-electron chi connectivity index (χ2n) is 12.8. The van der Waals surface area contributed by atoms with Crippen LogP contribution in [0.1, 0.15) is 83.1 Å². The normalized spacial score (nSPS) is 15.6. The Morgan fingerprint density at radius 2 is 0.765 bits per heavy atom. The van der Waals surface area contributed by atoms with Gasteiger partial charge in [0.2, 0.25) is 0 Å². The van der Waals surface area contributed by atoms with Gasteiger partial charge in [0.25, 0.3) is 0 Å². The number of allylic oxidation sites excluding steroid dienone is 5. The number of hydrogen-bond donors (Lipinski definition) is 0. The second kappa shape index (κ2) is 16.7. The molecule has 2 aliphatic rings. The Morgan fingerprint density at radius 3 is 1.06 bits per heavy atom. The summed E-state index contributed by atoms with van der Waals surface area (Å²) in [4.78, 5) is 0. The van der Waals surface area contributed by atoms with Crippen LogP contribution >= 0.6 is 15.6 Å². The van der Waals surface area contributed by atoms with E-state index in [0.717, 1.165) is 0 Å². The Labute approximate surface area is 239 Å². The Kier molecular flexibility index (Phi) is 20.7. The average Bonchev–Trinajstić information content (AvgIpc) is 2.52. The monoisotopic (exact) mass is 590 g/mol. The molecule has 2 radical (unpaired) electrons. The third kappa shape index (κ3) is 14.0. The maximum atomic E-state index is 2.40. The molecule has 2 aliphatic heterocycles. The van der Waals surface area contributed by atoms with Crippen molar-refractivity contribution in [3.63, 3.8) is 0 Å². The summed E-state index contributed by atoms with van der Waals surface area (Å²) in [6.07, 6.45) is 16.8. The van der Waals surface area contributed by atoms with E-state index in [1.165, 1.54) is 0 Å². The first kappa shape index (κ1) is 42.0. The molecule has 0 aromatic rings. The van der Waals surface area contributed by atoms with Crippen LogP contribution in [-0.4, -0.2) is 33.5 Å². The van der Waals surface area contributed by atoms with E-state index >= 15 is 0 Å². The van der Waals surface area contributed by atoms with Crippen LogP contribution in [0.3, 0.4) is 0 Å². The van der Waals surface area contributed by atoms with E-state index in [1.54, 1.807) is 0 Å². The largest absolute Gasteiger partial charge is 0.391 e. The van der Waals surface area contributed by atoms with Gasteiger partial charge in [-0.3, -0.25) is 0 Å². The molecule has 0 amide bonds. The topological polar surface area (TPSA) is 0 Å². The number of rotatable bonds is 2. The molecule has 0 nitrogen and oxygen atoms in total. The Hall–Kier alpha value is 0.937. The Morgan fingerprint density at radius 1 is 0.441 bits per heavy atom. The third-order valence-electron chi connectivity index (χ3n) is 5.62. The van der Waals surface area contributed by atoms with Crippen molar-refractivity contribution in [3.05, 3.63) is 75.9 Å². The maximum Gasteiger partial charge on any atom is 0.391 e. The second-order valence-corrected chi connectivity index (χ2v) is 21.8. The van der Waals surface area contributed by atoms with Gasteiger partial charge in [-0.1, -0.05) is 48.3 Å². The van der Waals surface area contributed by atoms with Crippen LogP contribution < -0.4 is 0 Å². The summed E-state index contributed by atoms with van der Waals surface area (Å²) in [6, 6.07) is 0. The average molecular weight is 592 g/mol. The van der Waals surface area contributed by atoms with Crippen LogP contribution in [-0.2, 0) is 33.0 Å². The van der Waals surface area contributed by atoms with Crippen molar-refractivity contribution in [1.29, 1.82) is 0 Å². The first-order chi connectivity index (χ1) is 13.5. The van der Waals surface area contributed by atoms with Gasteiger partial charge >= 0.3 is 12.9 Å². The minimum Gasteiger partial charge on any atom is -0.358 e. The van der Waals surface area contributed by atoms with Gasteiger partial charge in [-0.15, -0.1) is 0 Å². The van der Waals surface area contributed by atoms with Gasteiger partial charge in [-0.25, -0.2) is 0 Å². The van der Waals surface area contributed by atoms with Crippen molar-refractivity contribution in [2.45, 2.75) is 104 Å². The van der Waals surface area contributed by atoms with Crippen LogP contribution in [0.15, 0.2) is 48.3 Å². The van der Waals surface area contributed by atoms with E-state index in [9.17, 15) is 0 Å². The molecule has 0 unspecified atom stereocenters. The van der Waals surface area contributed by atoms with Crippen molar-refractivity contribution < 1.29 is 33.0 Å². The zero-order chi connectivity index (χ0) is 23.4. The first-order valence-electron chi connectivity index (χ1n) is 11.6. The summed E-state index contributed by atoms with van der Waals surface area (Å²) in [5.41, 5.74) is 0. The molecule has 34 heavy (non-hydrogen) atoms. The van der Waals surface area contributed by atoms with E-state index < -0.39 is 15.6 Å². The van der Waals surface area contributed by atoms with Gasteiger partial charge in [0.1, 0.15) is 0 Å². The van der Waals surface area contributed by atoms with Crippen LogP contribution in [0.5, 0.6) is 0 Å². The Balaban J connectivity index is -0.000000237. The van der Waals surface area contributed by atoms with E-state index in [1.807, 2.05) is 0 Å². The minimum absolute atomic E-state index is 0. The fourth-order valence-corrected chi connectivity index (χ4v) is 15.3. The van der Waals surface area contributed by atoms with Gasteiger partial charge < -0.3 is 14.9 Å². The zero-order valence-corrected chi connectivity index (χ0v) is 28.5. The summed E-state index contributed by atoms with van der Waals surface area (Å²) in [6.45, 7) is 28.7. The molecule has 2 rings (SSSR count). The summed E-state index contributed by atoms with van der Waals surface area (Å²) in [5, 5.41) is 1.78. The zero-order valence-electron chi connectivity index (χ0n) is 24.6. The molecule has 0 bridgehead atoms. The molecule has 0 aromatic carbocycles. The van der Waals surface area contributed by atoms with Gasteiger partial charge in [-0.2, -0.15) is 0 Å². The van der Waals surface area contributed by atoms with E-state index in [2.05, 4.69) is 144 Å². The molecule has 0 saturated carbocycles. The fourth-order valence-electron chi connectivity index (χ4n) is 5.63. The first-order valence-corrected chi connectivity index (χ1v) is 14.7. The predicted molar refractivity (Wildman–Crippen MR) is 165 cm³/mol. The molecular formula is C28H54B2Ni2P2. The molecule has 0 N–H and O–H groups in total. The van der Waals surface area contributed by atoms with Crippen molar-refractivity contribution >= 4 is 28.5 Å². The van der Waals surface area contributed by atoms with Crippen molar-refractivity contribution in [1.82, 2.24) is 0 Å². The van der Waals surface area contributed by atoms with Crippen molar-refractivity contribution in [2.75, 3.05) is 0 Å². The summed E-state index contributed by atoms with van der Waals surface area (Å²) >= 11 is 0. The van der Waals surface area contributed by atoms with Crippen LogP contribution in [0, 0.1) is 27.6 Å². The van der Waals surface area contributed by atoms with Crippen molar-refractivity contribution in [2.24, 2.45) is 0 Å². The molecule has 0 atom stereocenters. The number of hydrogen-bond acceptors (Lipinski definition) is 0. The minimum atomic E-state index is -0.470. The quantitative estimate of drug-likeness (QED) is 0.171. The molecule has 0 aromatic heterocycles. The summed E-state index contributed by atoms with van der Waals surface area (Å²) < 4.78 is 0. The summed E-state index contributed by atoms with van der Waals surface area (Å²) in [5.74, 6) is 7.14. The van der Waals surface area contributed by atoms with E-state index in [4.69, 9.17) is 0 Å². The molecule has 6 heteroatoms. The van der Waals surface area contributed by atoms with Crippen LogP contribution in [0.25, 0.3) is 0 Å². The van der Waals surface area contributed by atoms with E-state index in [-0.39, 0.29) is 47.8 Å². The molecule has 0 spiro atoms. The van der Waals surface area contributed by atoms with Crippen molar-refractivity contribution in [3.8, 4) is 0 Å². The van der Waals surface area contributed by atoms with Gasteiger partial charge in [0, 0.05) is 45.7 Å². The van der Waals surface area contributed by atoms with Crippen LogP contribution in [0.4, 0.5) is 0 Å². The van der Waals surface area contributed by atoms with Gasteiger partial charge in [-0.05, 0) is 98.7 Å². The van der Waals surface area contributed by atoms with E-state index in [0.29, 0.717) is 33.5 Å². The smallest absolute Gasteiger partial charge is 0.358 e. The Bertz CT molecular complexity index is 618.